The van der Waals surface area contributed by atoms with Gasteiger partial charge in [0.2, 0.25) is 5.91 Å². The molecule has 0 heterocycles. The first kappa shape index (κ1) is 15.8. The molecule has 21 heavy (non-hydrogen) atoms. The Hall–Kier alpha value is -1.55. The van der Waals surface area contributed by atoms with Gasteiger partial charge in [0.1, 0.15) is 0 Å². The van der Waals surface area contributed by atoms with Crippen molar-refractivity contribution in [2.45, 2.75) is 58.2 Å². The van der Waals surface area contributed by atoms with Gasteiger partial charge in [0.15, 0.2) is 0 Å². The monoisotopic (exact) mass is 289 g/mol. The van der Waals surface area contributed by atoms with E-state index in [2.05, 4.69) is 37.1 Å². The van der Waals surface area contributed by atoms with Crippen LogP contribution >= 0.6 is 0 Å². The summed E-state index contributed by atoms with van der Waals surface area (Å²) in [5.41, 5.74) is 7.64. The Bertz CT molecular complexity index is 495. The summed E-state index contributed by atoms with van der Waals surface area (Å²) >= 11 is 0. The average Bonchev–Trinajstić information content (AvgIpc) is 3.21. The van der Waals surface area contributed by atoms with Crippen molar-refractivity contribution in [3.8, 4) is 0 Å². The van der Waals surface area contributed by atoms with E-state index in [4.69, 9.17) is 5.73 Å². The molecule has 116 valence electrons. The van der Waals surface area contributed by atoms with Crippen molar-refractivity contribution >= 4 is 11.6 Å². The molecule has 1 fully saturated rings. The summed E-state index contributed by atoms with van der Waals surface area (Å²) in [4.78, 5) is 14.5. The van der Waals surface area contributed by atoms with Gasteiger partial charge in [-0.3, -0.25) is 9.69 Å². The van der Waals surface area contributed by atoms with Gasteiger partial charge in [-0.15, -0.1) is 0 Å². The average molecular weight is 289 g/mol. The van der Waals surface area contributed by atoms with Gasteiger partial charge in [-0.05, 0) is 50.8 Å². The first-order valence-electron chi connectivity index (χ1n) is 7.79. The third kappa shape index (κ3) is 5.05. The molecule has 1 aliphatic rings. The van der Waals surface area contributed by atoms with E-state index in [1.165, 1.54) is 18.4 Å². The molecular weight excluding hydrogens is 262 g/mol. The lowest BCUT2D eigenvalue weighted by Gasteiger charge is -2.27. The zero-order valence-electron chi connectivity index (χ0n) is 13.4. The second kappa shape index (κ2) is 6.48. The van der Waals surface area contributed by atoms with Crippen molar-refractivity contribution in [1.29, 1.82) is 0 Å². The van der Waals surface area contributed by atoms with E-state index in [1.807, 2.05) is 18.2 Å². The van der Waals surface area contributed by atoms with Crippen LogP contribution < -0.4 is 11.1 Å². The van der Waals surface area contributed by atoms with Crippen LogP contribution in [0.25, 0.3) is 0 Å². The zero-order valence-corrected chi connectivity index (χ0v) is 13.4. The zero-order chi connectivity index (χ0) is 15.5. The lowest BCUT2D eigenvalue weighted by atomic mass is 10.0. The lowest BCUT2D eigenvalue weighted by Crippen LogP contribution is -2.47. The molecule has 3 N–H and O–H groups in total. The van der Waals surface area contributed by atoms with Crippen molar-refractivity contribution in [3.05, 3.63) is 29.8 Å². The predicted molar refractivity (Wildman–Crippen MR) is 86.8 cm³/mol. The maximum Gasteiger partial charge on any atom is 0.234 e. The van der Waals surface area contributed by atoms with E-state index in [0.717, 1.165) is 18.7 Å². The van der Waals surface area contributed by atoms with Crippen LogP contribution in [0.3, 0.4) is 0 Å². The fourth-order valence-electron chi connectivity index (χ4n) is 2.37. The van der Waals surface area contributed by atoms with Gasteiger partial charge in [-0.2, -0.15) is 0 Å². The van der Waals surface area contributed by atoms with E-state index < -0.39 is 0 Å². The number of nitrogens with one attached hydrogen (secondary N) is 1. The van der Waals surface area contributed by atoms with Crippen LogP contribution in [0.5, 0.6) is 0 Å². The highest BCUT2D eigenvalue weighted by molar-refractivity contribution is 5.78. The molecule has 0 atom stereocenters. The minimum Gasteiger partial charge on any atom is -0.399 e. The van der Waals surface area contributed by atoms with Crippen molar-refractivity contribution < 1.29 is 4.79 Å². The second-order valence-corrected chi connectivity index (χ2v) is 6.67. The highest BCUT2D eigenvalue weighted by Gasteiger charge is 2.31. The van der Waals surface area contributed by atoms with E-state index in [0.29, 0.717) is 12.6 Å². The topological polar surface area (TPSA) is 58.4 Å². The van der Waals surface area contributed by atoms with Gasteiger partial charge in [0.05, 0.1) is 6.54 Å². The summed E-state index contributed by atoms with van der Waals surface area (Å²) in [6.07, 6.45) is 3.30. The summed E-state index contributed by atoms with van der Waals surface area (Å²) in [7, 11) is 0. The number of rotatable bonds is 7. The molecule has 0 saturated heterocycles. The smallest absolute Gasteiger partial charge is 0.234 e. The number of nitrogens with two attached hydrogens (primary N) is 1. The van der Waals surface area contributed by atoms with Gasteiger partial charge >= 0.3 is 0 Å². The fraction of sp³-hybridized carbons (Fsp3) is 0.588. The maximum atomic E-state index is 12.2. The molecule has 1 amide bonds. The number of amides is 1. The SMILES string of the molecule is CCC(C)(C)NC(=O)CN(Cc1cccc(N)c1)C1CC1. The summed E-state index contributed by atoms with van der Waals surface area (Å²) in [6, 6.07) is 8.46. The predicted octanol–water partition coefficient (Wildman–Crippen LogP) is 2.54. The summed E-state index contributed by atoms with van der Waals surface area (Å²) in [5, 5.41) is 3.11. The Kier molecular flexibility index (Phi) is 4.88. The van der Waals surface area contributed by atoms with Gasteiger partial charge in [-0.25, -0.2) is 0 Å². The molecule has 1 aromatic rings. The van der Waals surface area contributed by atoms with Crippen LogP contribution in [0.15, 0.2) is 24.3 Å². The molecule has 1 aliphatic carbocycles. The van der Waals surface area contributed by atoms with E-state index in [9.17, 15) is 4.79 Å². The number of carbonyl (C=O) groups is 1. The third-order valence-corrected chi connectivity index (χ3v) is 4.11. The van der Waals surface area contributed by atoms with Crippen LogP contribution in [-0.2, 0) is 11.3 Å². The van der Waals surface area contributed by atoms with Gasteiger partial charge in [0.25, 0.3) is 0 Å². The normalized spacial score (nSPS) is 15.2. The molecule has 0 aromatic heterocycles. The van der Waals surface area contributed by atoms with Crippen LogP contribution in [0.1, 0.15) is 45.6 Å². The maximum absolute atomic E-state index is 12.2. The summed E-state index contributed by atoms with van der Waals surface area (Å²) in [6.45, 7) is 7.46. The first-order chi connectivity index (χ1) is 9.89. The summed E-state index contributed by atoms with van der Waals surface area (Å²) < 4.78 is 0. The number of anilines is 1. The van der Waals surface area contributed by atoms with E-state index in [1.54, 1.807) is 0 Å². The van der Waals surface area contributed by atoms with Crippen LogP contribution in [0.2, 0.25) is 0 Å². The lowest BCUT2D eigenvalue weighted by molar-refractivity contribution is -0.124. The molecule has 0 aliphatic heterocycles. The van der Waals surface area contributed by atoms with Gasteiger partial charge in [0, 0.05) is 23.8 Å². The van der Waals surface area contributed by atoms with E-state index >= 15 is 0 Å². The molecule has 1 aromatic carbocycles. The van der Waals surface area contributed by atoms with Gasteiger partial charge < -0.3 is 11.1 Å². The molecule has 0 bridgehead atoms. The second-order valence-electron chi connectivity index (χ2n) is 6.67. The quantitative estimate of drug-likeness (QED) is 0.758. The minimum atomic E-state index is -0.135. The third-order valence-electron chi connectivity index (χ3n) is 4.11. The van der Waals surface area contributed by atoms with Crippen LogP contribution in [0, 0.1) is 0 Å². The van der Waals surface area contributed by atoms with Crippen molar-refractivity contribution in [1.82, 2.24) is 10.2 Å². The Morgan fingerprint density at radius 3 is 2.71 bits per heavy atom. The number of benzene rings is 1. The van der Waals surface area contributed by atoms with E-state index in [-0.39, 0.29) is 11.4 Å². The Morgan fingerprint density at radius 1 is 1.43 bits per heavy atom. The Labute approximate surface area is 127 Å². The molecule has 2 rings (SSSR count). The van der Waals surface area contributed by atoms with Crippen molar-refractivity contribution in [2.75, 3.05) is 12.3 Å². The highest BCUT2D eigenvalue weighted by Crippen LogP contribution is 2.28. The number of carbonyl (C=O) groups excluding carboxylic acids is 1. The molecule has 1 saturated carbocycles. The van der Waals surface area contributed by atoms with Crippen molar-refractivity contribution in [2.24, 2.45) is 0 Å². The molecule has 0 radical (unpaired) electrons. The molecule has 4 heteroatoms. The number of nitrogens with zero attached hydrogens (tertiary/aromatic N) is 1. The van der Waals surface area contributed by atoms with Gasteiger partial charge in [-0.1, -0.05) is 19.1 Å². The fourth-order valence-corrected chi connectivity index (χ4v) is 2.37. The number of hydrogen-bond donors (Lipinski definition) is 2. The number of hydrogen-bond acceptors (Lipinski definition) is 3. The largest absolute Gasteiger partial charge is 0.399 e. The minimum absolute atomic E-state index is 0.109. The molecule has 4 nitrogen and oxygen atoms in total. The van der Waals surface area contributed by atoms with Crippen LogP contribution in [-0.4, -0.2) is 28.9 Å². The molecular formula is C17H27N3O. The Balaban J connectivity index is 1.95. The van der Waals surface area contributed by atoms with Crippen molar-refractivity contribution in [3.63, 3.8) is 0 Å². The Morgan fingerprint density at radius 2 is 2.14 bits per heavy atom. The first-order valence-corrected chi connectivity index (χ1v) is 7.79. The number of nitrogen functional groups attached to an aromatic ring is 1. The standard InChI is InChI=1S/C17H27N3O/c1-4-17(2,3)19-16(21)12-20(15-8-9-15)11-13-6-5-7-14(18)10-13/h5-7,10,15H,4,8-9,11-12,18H2,1-3H3,(H,19,21). The summed E-state index contributed by atoms with van der Waals surface area (Å²) in [5.74, 6) is 0.109. The highest BCUT2D eigenvalue weighted by atomic mass is 16.2. The van der Waals surface area contributed by atoms with Crippen LogP contribution in [0.4, 0.5) is 5.69 Å². The molecule has 0 spiro atoms. The molecule has 0 unspecified atom stereocenters.